The van der Waals surface area contributed by atoms with Gasteiger partial charge < -0.3 is 14.6 Å². The van der Waals surface area contributed by atoms with Crippen molar-refractivity contribution in [1.29, 1.82) is 0 Å². The van der Waals surface area contributed by atoms with Crippen molar-refractivity contribution in [2.24, 2.45) is 0 Å². The molecule has 0 radical (unpaired) electrons. The van der Waals surface area contributed by atoms with E-state index in [1.807, 2.05) is 38.1 Å². The molecule has 0 saturated heterocycles. The lowest BCUT2D eigenvalue weighted by Gasteiger charge is -2.09. The minimum absolute atomic E-state index is 0.135. The number of amides is 1. The summed E-state index contributed by atoms with van der Waals surface area (Å²) >= 11 is 0. The van der Waals surface area contributed by atoms with Crippen LogP contribution in [0.2, 0.25) is 0 Å². The molecule has 0 bridgehead atoms. The van der Waals surface area contributed by atoms with Gasteiger partial charge in [0.05, 0.1) is 11.3 Å². The Morgan fingerprint density at radius 1 is 1.19 bits per heavy atom. The van der Waals surface area contributed by atoms with Crippen LogP contribution < -0.4 is 10.1 Å². The highest BCUT2D eigenvalue weighted by Gasteiger charge is 2.11. The summed E-state index contributed by atoms with van der Waals surface area (Å²) in [5, 5.41) is 6.81. The zero-order chi connectivity index (χ0) is 18.4. The monoisotopic (exact) mass is 351 g/mol. The molecule has 1 aromatic carbocycles. The zero-order valence-corrected chi connectivity index (χ0v) is 14.9. The Morgan fingerprint density at radius 3 is 2.81 bits per heavy atom. The van der Waals surface area contributed by atoms with E-state index in [1.165, 1.54) is 0 Å². The molecule has 3 aromatic rings. The molecule has 0 aliphatic heterocycles. The van der Waals surface area contributed by atoms with Crippen LogP contribution in [0.15, 0.2) is 53.2 Å². The van der Waals surface area contributed by atoms with Gasteiger partial charge in [-0.2, -0.15) is 0 Å². The van der Waals surface area contributed by atoms with Gasteiger partial charge in [-0.1, -0.05) is 17.3 Å². The van der Waals surface area contributed by atoms with Gasteiger partial charge in [-0.05, 0) is 44.2 Å². The number of nitrogens with one attached hydrogen (secondary N) is 1. The fourth-order valence-electron chi connectivity index (χ4n) is 2.54. The summed E-state index contributed by atoms with van der Waals surface area (Å²) in [6.07, 6.45) is 2.44. The van der Waals surface area contributed by atoms with Crippen LogP contribution in [0.25, 0.3) is 0 Å². The number of rotatable bonds is 7. The van der Waals surface area contributed by atoms with Crippen LogP contribution in [0.5, 0.6) is 5.75 Å². The van der Waals surface area contributed by atoms with E-state index in [0.29, 0.717) is 30.9 Å². The van der Waals surface area contributed by atoms with Gasteiger partial charge in [0.15, 0.2) is 0 Å². The smallest absolute Gasteiger partial charge is 0.251 e. The fraction of sp³-hybridized carbons (Fsp3) is 0.250. The van der Waals surface area contributed by atoms with Gasteiger partial charge >= 0.3 is 0 Å². The van der Waals surface area contributed by atoms with E-state index in [4.69, 9.17) is 9.26 Å². The van der Waals surface area contributed by atoms with Crippen LogP contribution >= 0.6 is 0 Å². The van der Waals surface area contributed by atoms with Crippen molar-refractivity contribution in [1.82, 2.24) is 15.5 Å². The SMILES string of the molecule is Cc1noc(C)c1COc1cccc(C(=O)NCCc2ccccn2)c1. The largest absolute Gasteiger partial charge is 0.489 e. The molecule has 0 atom stereocenters. The first-order valence-corrected chi connectivity index (χ1v) is 8.46. The van der Waals surface area contributed by atoms with Crippen molar-refractivity contribution in [2.75, 3.05) is 6.54 Å². The molecule has 6 heteroatoms. The number of carbonyl (C=O) groups excluding carboxylic acids is 1. The van der Waals surface area contributed by atoms with Crippen molar-refractivity contribution in [3.8, 4) is 5.75 Å². The summed E-state index contributed by atoms with van der Waals surface area (Å²) in [4.78, 5) is 16.6. The Labute approximate surface area is 152 Å². The third-order valence-electron chi connectivity index (χ3n) is 4.05. The lowest BCUT2D eigenvalue weighted by Crippen LogP contribution is -2.25. The standard InChI is InChI=1S/C20H21N3O3/c1-14-19(15(2)26-23-14)13-25-18-8-5-6-16(12-18)20(24)22-11-9-17-7-3-4-10-21-17/h3-8,10,12H,9,11,13H2,1-2H3,(H,22,24). The van der Waals surface area contributed by atoms with Gasteiger partial charge in [-0.25, -0.2) is 0 Å². The number of pyridine rings is 1. The van der Waals surface area contributed by atoms with Crippen LogP contribution in [0.1, 0.15) is 33.1 Å². The molecular weight excluding hydrogens is 330 g/mol. The second-order valence-corrected chi connectivity index (χ2v) is 5.95. The number of ether oxygens (including phenoxy) is 1. The van der Waals surface area contributed by atoms with Crippen LogP contribution in [0.3, 0.4) is 0 Å². The van der Waals surface area contributed by atoms with Crippen molar-refractivity contribution in [2.45, 2.75) is 26.9 Å². The summed E-state index contributed by atoms with van der Waals surface area (Å²) in [6, 6.07) is 12.9. The third-order valence-corrected chi connectivity index (χ3v) is 4.05. The van der Waals surface area contributed by atoms with Crippen LogP contribution in [0.4, 0.5) is 0 Å². The molecule has 0 spiro atoms. The number of hydrogen-bond donors (Lipinski definition) is 1. The van der Waals surface area contributed by atoms with Gasteiger partial charge in [0.1, 0.15) is 18.1 Å². The van der Waals surface area contributed by atoms with Crippen LogP contribution in [-0.4, -0.2) is 22.6 Å². The van der Waals surface area contributed by atoms with Gasteiger partial charge in [0.2, 0.25) is 0 Å². The number of aryl methyl sites for hydroxylation is 2. The first-order chi connectivity index (χ1) is 12.6. The van der Waals surface area contributed by atoms with E-state index in [2.05, 4.69) is 15.5 Å². The number of nitrogens with zero attached hydrogens (tertiary/aromatic N) is 2. The molecule has 1 N–H and O–H groups in total. The fourth-order valence-corrected chi connectivity index (χ4v) is 2.54. The van der Waals surface area contributed by atoms with E-state index < -0.39 is 0 Å². The number of carbonyl (C=O) groups is 1. The van der Waals surface area contributed by atoms with Crippen molar-refractivity contribution in [3.63, 3.8) is 0 Å². The minimum atomic E-state index is -0.135. The maximum Gasteiger partial charge on any atom is 0.251 e. The Balaban J connectivity index is 1.55. The molecule has 0 aliphatic carbocycles. The number of aromatic nitrogens is 2. The molecule has 1 amide bonds. The highest BCUT2D eigenvalue weighted by molar-refractivity contribution is 5.94. The second-order valence-electron chi connectivity index (χ2n) is 5.95. The molecular formula is C20H21N3O3. The van der Waals surface area contributed by atoms with E-state index in [9.17, 15) is 4.79 Å². The summed E-state index contributed by atoms with van der Waals surface area (Å²) < 4.78 is 10.9. The summed E-state index contributed by atoms with van der Waals surface area (Å²) in [5.41, 5.74) is 3.24. The van der Waals surface area contributed by atoms with E-state index in [1.54, 1.807) is 24.4 Å². The van der Waals surface area contributed by atoms with Crippen molar-refractivity contribution < 1.29 is 14.1 Å². The predicted molar refractivity (Wildman–Crippen MR) is 97.0 cm³/mol. The van der Waals surface area contributed by atoms with Gasteiger partial charge in [0, 0.05) is 30.4 Å². The summed E-state index contributed by atoms with van der Waals surface area (Å²) in [5.74, 6) is 1.23. The molecule has 2 heterocycles. The first kappa shape index (κ1) is 17.7. The first-order valence-electron chi connectivity index (χ1n) is 8.46. The lowest BCUT2D eigenvalue weighted by molar-refractivity contribution is 0.0953. The number of hydrogen-bond acceptors (Lipinski definition) is 5. The molecule has 3 rings (SSSR count). The van der Waals surface area contributed by atoms with Gasteiger partial charge in [-0.15, -0.1) is 0 Å². The van der Waals surface area contributed by atoms with Crippen molar-refractivity contribution in [3.05, 3.63) is 76.9 Å². The van der Waals surface area contributed by atoms with E-state index in [-0.39, 0.29) is 5.91 Å². The van der Waals surface area contributed by atoms with Gasteiger partial charge in [0.25, 0.3) is 5.91 Å². The van der Waals surface area contributed by atoms with Gasteiger partial charge in [-0.3, -0.25) is 9.78 Å². The highest BCUT2D eigenvalue weighted by atomic mass is 16.5. The topological polar surface area (TPSA) is 77.2 Å². The normalized spacial score (nSPS) is 10.5. The Morgan fingerprint density at radius 2 is 2.08 bits per heavy atom. The summed E-state index contributed by atoms with van der Waals surface area (Å²) in [7, 11) is 0. The van der Waals surface area contributed by atoms with Crippen molar-refractivity contribution >= 4 is 5.91 Å². The van der Waals surface area contributed by atoms with Crippen LogP contribution in [-0.2, 0) is 13.0 Å². The average molecular weight is 351 g/mol. The Bertz CT molecular complexity index is 856. The Hall–Kier alpha value is -3.15. The second kappa shape index (κ2) is 8.29. The zero-order valence-electron chi connectivity index (χ0n) is 14.9. The molecule has 0 saturated carbocycles. The van der Waals surface area contributed by atoms with E-state index in [0.717, 1.165) is 22.7 Å². The molecule has 6 nitrogen and oxygen atoms in total. The molecule has 0 aliphatic rings. The minimum Gasteiger partial charge on any atom is -0.489 e. The quantitative estimate of drug-likeness (QED) is 0.707. The van der Waals surface area contributed by atoms with E-state index >= 15 is 0 Å². The molecule has 2 aromatic heterocycles. The molecule has 26 heavy (non-hydrogen) atoms. The molecule has 0 unspecified atom stereocenters. The predicted octanol–water partition coefficient (Wildman–Crippen LogP) is 3.24. The highest BCUT2D eigenvalue weighted by Crippen LogP contribution is 2.18. The lowest BCUT2D eigenvalue weighted by atomic mass is 10.2. The summed E-state index contributed by atoms with van der Waals surface area (Å²) in [6.45, 7) is 4.61. The third kappa shape index (κ3) is 4.47. The molecule has 0 fully saturated rings. The number of benzene rings is 1. The van der Waals surface area contributed by atoms with Crippen LogP contribution in [0, 0.1) is 13.8 Å². The average Bonchev–Trinajstić information content (AvgIpc) is 2.99. The Kier molecular flexibility index (Phi) is 5.63. The molecule has 134 valence electrons. The maximum atomic E-state index is 12.3. The maximum absolute atomic E-state index is 12.3.